The molecule has 0 aliphatic rings. The Morgan fingerprint density at radius 1 is 1.47 bits per heavy atom. The summed E-state index contributed by atoms with van der Waals surface area (Å²) in [6.45, 7) is 2.45. The number of H-pyrrole nitrogens is 1. The number of aromatic amines is 1. The van der Waals surface area contributed by atoms with Crippen LogP contribution in [-0.4, -0.2) is 19.9 Å². The van der Waals surface area contributed by atoms with Gasteiger partial charge in [0, 0.05) is 18.7 Å². The maximum atomic E-state index is 11.3. The molecule has 2 aromatic heterocycles. The molecule has 0 spiro atoms. The van der Waals surface area contributed by atoms with Crippen LogP contribution in [0.15, 0.2) is 29.5 Å². The summed E-state index contributed by atoms with van der Waals surface area (Å²) < 4.78 is 0. The van der Waals surface area contributed by atoms with Crippen LogP contribution in [0.3, 0.4) is 0 Å². The van der Waals surface area contributed by atoms with Gasteiger partial charge in [-0.2, -0.15) is 0 Å². The van der Waals surface area contributed by atoms with Gasteiger partial charge in [-0.3, -0.25) is 4.79 Å². The van der Waals surface area contributed by atoms with Crippen molar-refractivity contribution < 1.29 is 0 Å². The normalized spacial score (nSPS) is 10.2. The Kier molecular flexibility index (Phi) is 3.44. The molecule has 0 unspecified atom stereocenters. The van der Waals surface area contributed by atoms with Crippen molar-refractivity contribution in [1.82, 2.24) is 19.9 Å². The highest BCUT2D eigenvalue weighted by atomic mass is 16.1. The molecule has 0 amide bonds. The minimum atomic E-state index is -0.151. The molecule has 2 N–H and O–H groups in total. The van der Waals surface area contributed by atoms with Crippen LogP contribution >= 0.6 is 0 Å². The van der Waals surface area contributed by atoms with Crippen LogP contribution in [0.4, 0.5) is 5.82 Å². The van der Waals surface area contributed by atoms with Crippen molar-refractivity contribution in [1.29, 1.82) is 0 Å². The van der Waals surface area contributed by atoms with E-state index in [0.717, 1.165) is 5.69 Å². The fraction of sp³-hybridized carbons (Fsp3) is 0.273. The van der Waals surface area contributed by atoms with Gasteiger partial charge in [0.1, 0.15) is 18.0 Å². The van der Waals surface area contributed by atoms with E-state index >= 15 is 0 Å². The van der Waals surface area contributed by atoms with E-state index in [1.54, 1.807) is 12.3 Å². The van der Waals surface area contributed by atoms with Crippen molar-refractivity contribution in [3.8, 4) is 0 Å². The summed E-state index contributed by atoms with van der Waals surface area (Å²) in [6, 6.07) is 3.24. The minimum Gasteiger partial charge on any atom is -0.364 e. The molecule has 0 bridgehead atoms. The third-order valence-corrected chi connectivity index (χ3v) is 2.22. The lowest BCUT2D eigenvalue weighted by Gasteiger charge is -2.05. The zero-order valence-electron chi connectivity index (χ0n) is 9.47. The van der Waals surface area contributed by atoms with Crippen molar-refractivity contribution >= 4 is 5.82 Å². The number of rotatable bonds is 4. The molecule has 0 radical (unpaired) electrons. The highest BCUT2D eigenvalue weighted by Gasteiger charge is 2.00. The number of hydrogen-bond donors (Lipinski definition) is 2. The van der Waals surface area contributed by atoms with Gasteiger partial charge in [0.05, 0.1) is 12.2 Å². The molecule has 0 saturated carbocycles. The Labute approximate surface area is 98.2 Å². The van der Waals surface area contributed by atoms with Gasteiger partial charge in [-0.1, -0.05) is 6.92 Å². The second kappa shape index (κ2) is 5.20. The highest BCUT2D eigenvalue weighted by Crippen LogP contribution is 2.02. The van der Waals surface area contributed by atoms with E-state index < -0.39 is 0 Å². The summed E-state index contributed by atoms with van der Waals surface area (Å²) in [5.41, 5.74) is 0.696. The molecule has 2 rings (SSSR count). The Balaban J connectivity index is 2.09. The predicted molar refractivity (Wildman–Crippen MR) is 63.6 cm³/mol. The molecule has 2 aromatic rings. The van der Waals surface area contributed by atoms with Crippen molar-refractivity contribution in [3.63, 3.8) is 0 Å². The number of aromatic nitrogens is 4. The molecular weight excluding hydrogens is 218 g/mol. The number of anilines is 1. The average Bonchev–Trinajstić information content (AvgIpc) is 2.37. The maximum absolute atomic E-state index is 11.3. The first-order chi connectivity index (χ1) is 8.28. The van der Waals surface area contributed by atoms with Crippen LogP contribution in [0.25, 0.3) is 0 Å². The molecule has 0 aliphatic carbocycles. The molecule has 17 heavy (non-hydrogen) atoms. The van der Waals surface area contributed by atoms with E-state index in [9.17, 15) is 4.79 Å². The van der Waals surface area contributed by atoms with Crippen LogP contribution in [0.1, 0.15) is 18.4 Å². The van der Waals surface area contributed by atoms with Crippen molar-refractivity contribution in [3.05, 3.63) is 46.5 Å². The molecule has 0 aromatic carbocycles. The molecule has 0 aliphatic heterocycles. The molecule has 0 saturated heterocycles. The van der Waals surface area contributed by atoms with E-state index in [-0.39, 0.29) is 5.56 Å². The number of nitrogens with one attached hydrogen (secondary N) is 2. The monoisotopic (exact) mass is 231 g/mol. The zero-order chi connectivity index (χ0) is 12.1. The molecule has 6 nitrogen and oxygen atoms in total. The van der Waals surface area contributed by atoms with Crippen LogP contribution in [0.5, 0.6) is 0 Å². The summed E-state index contributed by atoms with van der Waals surface area (Å²) in [7, 11) is 0. The van der Waals surface area contributed by atoms with Gasteiger partial charge in [0.2, 0.25) is 0 Å². The lowest BCUT2D eigenvalue weighted by molar-refractivity contribution is 0.908. The Morgan fingerprint density at radius 2 is 2.35 bits per heavy atom. The van der Waals surface area contributed by atoms with Gasteiger partial charge < -0.3 is 10.3 Å². The highest BCUT2D eigenvalue weighted by molar-refractivity contribution is 5.33. The second-order valence-corrected chi connectivity index (χ2v) is 3.49. The summed E-state index contributed by atoms with van der Waals surface area (Å²) in [6.07, 6.45) is 3.85. The number of nitrogens with zero attached hydrogens (tertiary/aromatic N) is 3. The van der Waals surface area contributed by atoms with E-state index in [4.69, 9.17) is 0 Å². The molecule has 0 fully saturated rings. The quantitative estimate of drug-likeness (QED) is 0.810. The summed E-state index contributed by atoms with van der Waals surface area (Å²) >= 11 is 0. The van der Waals surface area contributed by atoms with Crippen LogP contribution in [-0.2, 0) is 13.0 Å². The maximum Gasteiger partial charge on any atom is 0.252 e. The minimum absolute atomic E-state index is 0.151. The standard InChI is InChI=1S/C11H13N5O/c1-2-9-15-10(5-11(17)16-9)13-6-8-3-4-12-7-14-8/h3-5,7H,2,6H2,1H3,(H2,13,15,16,17). The number of hydrogen-bond acceptors (Lipinski definition) is 5. The van der Waals surface area contributed by atoms with Gasteiger partial charge in [0.15, 0.2) is 0 Å². The molecular formula is C11H13N5O. The van der Waals surface area contributed by atoms with Gasteiger partial charge in [-0.15, -0.1) is 0 Å². The van der Waals surface area contributed by atoms with E-state index in [2.05, 4.69) is 25.3 Å². The summed E-state index contributed by atoms with van der Waals surface area (Å²) in [5.74, 6) is 1.23. The van der Waals surface area contributed by atoms with E-state index in [0.29, 0.717) is 24.6 Å². The van der Waals surface area contributed by atoms with Gasteiger partial charge in [-0.05, 0) is 6.07 Å². The number of aryl methyl sites for hydroxylation is 1. The molecule has 6 heteroatoms. The van der Waals surface area contributed by atoms with Crippen LogP contribution in [0.2, 0.25) is 0 Å². The van der Waals surface area contributed by atoms with Crippen LogP contribution < -0.4 is 10.9 Å². The smallest absolute Gasteiger partial charge is 0.252 e. The lowest BCUT2D eigenvalue weighted by atomic mass is 10.4. The van der Waals surface area contributed by atoms with E-state index in [1.165, 1.54) is 12.4 Å². The fourth-order valence-electron chi connectivity index (χ4n) is 1.37. The summed E-state index contributed by atoms with van der Waals surface area (Å²) in [4.78, 5) is 26.1. The molecule has 2 heterocycles. The zero-order valence-corrected chi connectivity index (χ0v) is 9.47. The Morgan fingerprint density at radius 3 is 3.06 bits per heavy atom. The van der Waals surface area contributed by atoms with Crippen molar-refractivity contribution in [2.75, 3.05) is 5.32 Å². The van der Waals surface area contributed by atoms with E-state index in [1.807, 2.05) is 6.92 Å². The summed E-state index contributed by atoms with van der Waals surface area (Å²) in [5, 5.41) is 3.06. The first-order valence-corrected chi connectivity index (χ1v) is 5.37. The average molecular weight is 231 g/mol. The molecule has 0 atom stereocenters. The first kappa shape index (κ1) is 11.3. The van der Waals surface area contributed by atoms with Crippen molar-refractivity contribution in [2.45, 2.75) is 19.9 Å². The third-order valence-electron chi connectivity index (χ3n) is 2.22. The third kappa shape index (κ3) is 3.10. The predicted octanol–water partition coefficient (Wildman–Crippen LogP) is 0.734. The second-order valence-electron chi connectivity index (χ2n) is 3.49. The Bertz CT molecular complexity index is 537. The fourth-order valence-corrected chi connectivity index (χ4v) is 1.37. The first-order valence-electron chi connectivity index (χ1n) is 5.37. The topological polar surface area (TPSA) is 83.6 Å². The van der Waals surface area contributed by atoms with Gasteiger partial charge in [0.25, 0.3) is 5.56 Å². The lowest BCUT2D eigenvalue weighted by Crippen LogP contribution is -2.13. The van der Waals surface area contributed by atoms with Crippen LogP contribution in [0, 0.1) is 0 Å². The van der Waals surface area contributed by atoms with Gasteiger partial charge in [-0.25, -0.2) is 15.0 Å². The SMILES string of the molecule is CCc1nc(NCc2ccncn2)cc(=O)[nH]1. The molecule has 88 valence electrons. The largest absolute Gasteiger partial charge is 0.364 e. The Hall–Kier alpha value is -2.24. The van der Waals surface area contributed by atoms with Crippen molar-refractivity contribution in [2.24, 2.45) is 0 Å². The van der Waals surface area contributed by atoms with Gasteiger partial charge >= 0.3 is 0 Å².